The van der Waals surface area contributed by atoms with E-state index in [0.717, 1.165) is 29.7 Å². The molecule has 0 atom stereocenters. The first-order valence-corrected chi connectivity index (χ1v) is 9.61. The highest BCUT2D eigenvalue weighted by atomic mass is 16.5. The van der Waals surface area contributed by atoms with Gasteiger partial charge in [0.15, 0.2) is 5.78 Å². The van der Waals surface area contributed by atoms with Gasteiger partial charge < -0.3 is 14.0 Å². The number of hydrogen-bond acceptors (Lipinski definition) is 5. The normalized spacial score (nSPS) is 13.1. The minimum atomic E-state index is -0.399. The highest BCUT2D eigenvalue weighted by Crippen LogP contribution is 2.30. The number of hydrogen-bond donors (Lipinski definition) is 0. The number of Topliss-reactive ketones (excluding diaryl/α,β-unsaturated/α-hetero) is 1. The van der Waals surface area contributed by atoms with E-state index in [1.54, 1.807) is 36.8 Å². The van der Waals surface area contributed by atoms with Crippen molar-refractivity contribution in [2.24, 2.45) is 5.92 Å². The summed E-state index contributed by atoms with van der Waals surface area (Å²) in [6.45, 7) is 2.27. The molecule has 6 heteroatoms. The quantitative estimate of drug-likeness (QED) is 0.546. The van der Waals surface area contributed by atoms with Crippen LogP contribution in [0.5, 0.6) is 5.75 Å². The molecule has 0 bridgehead atoms. The van der Waals surface area contributed by atoms with E-state index >= 15 is 0 Å². The summed E-state index contributed by atoms with van der Waals surface area (Å²) in [5, 5.41) is 0. The smallest absolute Gasteiger partial charge is 0.338 e. The zero-order valence-electron chi connectivity index (χ0n) is 16.2. The van der Waals surface area contributed by atoms with Crippen LogP contribution >= 0.6 is 0 Å². The van der Waals surface area contributed by atoms with Crippen molar-refractivity contribution in [1.82, 2.24) is 9.55 Å². The number of esters is 1. The summed E-state index contributed by atoms with van der Waals surface area (Å²) in [4.78, 5) is 28.1. The molecule has 148 valence electrons. The fourth-order valence-electron chi connectivity index (χ4n) is 3.01. The third-order valence-corrected chi connectivity index (χ3v) is 4.99. The minimum Gasteiger partial charge on any atom is -0.486 e. The van der Waals surface area contributed by atoms with Gasteiger partial charge in [0, 0.05) is 24.0 Å². The maximum atomic E-state index is 12.3. The summed E-state index contributed by atoms with van der Waals surface area (Å²) in [7, 11) is 0. The minimum absolute atomic E-state index is 0.0861. The van der Waals surface area contributed by atoms with Gasteiger partial charge in [0.05, 0.1) is 11.9 Å². The second-order valence-electron chi connectivity index (χ2n) is 7.21. The van der Waals surface area contributed by atoms with Crippen LogP contribution in [0.3, 0.4) is 0 Å². The van der Waals surface area contributed by atoms with Gasteiger partial charge in [-0.15, -0.1) is 0 Å². The van der Waals surface area contributed by atoms with E-state index in [2.05, 4.69) is 4.98 Å². The molecule has 0 spiro atoms. The van der Waals surface area contributed by atoms with E-state index in [0.29, 0.717) is 11.3 Å². The number of aromatic nitrogens is 2. The molecule has 0 unspecified atom stereocenters. The van der Waals surface area contributed by atoms with Crippen molar-refractivity contribution in [1.29, 1.82) is 0 Å². The second kappa shape index (κ2) is 8.31. The number of nitrogens with zero attached hydrogens (tertiary/aromatic N) is 2. The Balaban J connectivity index is 1.31. The molecule has 1 fully saturated rings. The van der Waals surface area contributed by atoms with Crippen LogP contribution in [0.2, 0.25) is 0 Å². The molecule has 2 aromatic carbocycles. The Hall–Kier alpha value is -3.41. The number of ether oxygens (including phenoxy) is 2. The molecule has 1 saturated carbocycles. The van der Waals surface area contributed by atoms with E-state index in [1.807, 2.05) is 35.9 Å². The molecule has 0 amide bonds. The summed E-state index contributed by atoms with van der Waals surface area (Å²) in [6.07, 6.45) is 7.29. The SMILES string of the molecule is Cc1cc(-n2ccnc2)ccc1COC(=O)c1ccc(OCC(=O)C2CC2)cc1. The van der Waals surface area contributed by atoms with Gasteiger partial charge in [-0.1, -0.05) is 6.07 Å². The summed E-state index contributed by atoms with van der Waals surface area (Å²) >= 11 is 0. The molecule has 1 heterocycles. The van der Waals surface area contributed by atoms with E-state index < -0.39 is 5.97 Å². The lowest BCUT2D eigenvalue weighted by atomic mass is 10.1. The molecule has 4 rings (SSSR count). The standard InChI is InChI=1S/C23H22N2O4/c1-16-12-20(25-11-10-24-15-25)7-4-19(16)13-29-23(27)18-5-8-21(9-6-18)28-14-22(26)17-2-3-17/h4-12,15,17H,2-3,13-14H2,1H3. The van der Waals surface area contributed by atoms with Crippen LogP contribution in [0.1, 0.15) is 34.3 Å². The Morgan fingerprint density at radius 3 is 2.59 bits per heavy atom. The van der Waals surface area contributed by atoms with Crippen LogP contribution in [0.4, 0.5) is 0 Å². The molecule has 6 nitrogen and oxygen atoms in total. The Morgan fingerprint density at radius 1 is 1.14 bits per heavy atom. The number of aryl methyl sites for hydroxylation is 1. The first-order valence-electron chi connectivity index (χ1n) is 9.61. The summed E-state index contributed by atoms with van der Waals surface area (Å²) in [5.74, 6) is 0.495. The fourth-order valence-corrected chi connectivity index (χ4v) is 3.01. The van der Waals surface area contributed by atoms with Crippen molar-refractivity contribution in [3.8, 4) is 11.4 Å². The zero-order valence-corrected chi connectivity index (χ0v) is 16.2. The number of benzene rings is 2. The fraction of sp³-hybridized carbons (Fsp3) is 0.261. The van der Waals surface area contributed by atoms with Crippen LogP contribution in [0.25, 0.3) is 5.69 Å². The maximum absolute atomic E-state index is 12.3. The average molecular weight is 390 g/mol. The van der Waals surface area contributed by atoms with Gasteiger partial charge in [-0.25, -0.2) is 9.78 Å². The molecule has 29 heavy (non-hydrogen) atoms. The number of rotatable bonds is 8. The predicted molar refractivity (Wildman–Crippen MR) is 107 cm³/mol. The average Bonchev–Trinajstić information content (AvgIpc) is 3.45. The van der Waals surface area contributed by atoms with Gasteiger partial charge in [-0.2, -0.15) is 0 Å². The van der Waals surface area contributed by atoms with Crippen LogP contribution in [-0.2, 0) is 16.1 Å². The molecule has 0 N–H and O–H groups in total. The van der Waals surface area contributed by atoms with Crippen molar-refractivity contribution in [2.45, 2.75) is 26.4 Å². The van der Waals surface area contributed by atoms with Gasteiger partial charge >= 0.3 is 5.97 Å². The topological polar surface area (TPSA) is 70.4 Å². The van der Waals surface area contributed by atoms with Gasteiger partial charge in [0.2, 0.25) is 0 Å². The molecule has 3 aromatic rings. The van der Waals surface area contributed by atoms with Crippen LogP contribution < -0.4 is 4.74 Å². The summed E-state index contributed by atoms with van der Waals surface area (Å²) in [6, 6.07) is 12.6. The first kappa shape index (κ1) is 18.9. The number of imidazole rings is 1. The lowest BCUT2D eigenvalue weighted by Crippen LogP contribution is -2.13. The highest BCUT2D eigenvalue weighted by molar-refractivity contribution is 5.89. The van der Waals surface area contributed by atoms with E-state index in [-0.39, 0.29) is 24.9 Å². The number of carbonyl (C=O) groups excluding carboxylic acids is 2. The van der Waals surface area contributed by atoms with Gasteiger partial charge in [-0.05, 0) is 67.3 Å². The third-order valence-electron chi connectivity index (χ3n) is 4.99. The molecule has 0 aliphatic heterocycles. The van der Waals surface area contributed by atoms with Crippen LogP contribution in [-0.4, -0.2) is 27.9 Å². The third kappa shape index (κ3) is 4.71. The van der Waals surface area contributed by atoms with Gasteiger partial charge in [-0.3, -0.25) is 4.79 Å². The molecular weight excluding hydrogens is 368 g/mol. The van der Waals surface area contributed by atoms with Gasteiger partial charge in [0.1, 0.15) is 19.0 Å². The monoisotopic (exact) mass is 390 g/mol. The zero-order chi connectivity index (χ0) is 20.2. The molecular formula is C23H22N2O4. The van der Waals surface area contributed by atoms with E-state index in [4.69, 9.17) is 9.47 Å². The second-order valence-corrected chi connectivity index (χ2v) is 7.21. The molecule has 1 aliphatic rings. The lowest BCUT2D eigenvalue weighted by Gasteiger charge is -2.10. The lowest BCUT2D eigenvalue weighted by molar-refractivity contribution is -0.122. The Morgan fingerprint density at radius 2 is 1.93 bits per heavy atom. The van der Waals surface area contributed by atoms with Crippen molar-refractivity contribution in [3.05, 3.63) is 77.9 Å². The van der Waals surface area contributed by atoms with E-state index in [1.165, 1.54) is 0 Å². The molecule has 0 saturated heterocycles. The van der Waals surface area contributed by atoms with Crippen molar-refractivity contribution in [3.63, 3.8) is 0 Å². The molecule has 1 aromatic heterocycles. The molecule has 0 radical (unpaired) electrons. The highest BCUT2D eigenvalue weighted by Gasteiger charge is 2.29. The largest absolute Gasteiger partial charge is 0.486 e. The first-order chi connectivity index (χ1) is 14.1. The van der Waals surface area contributed by atoms with Crippen molar-refractivity contribution >= 4 is 11.8 Å². The Kier molecular flexibility index (Phi) is 5.42. The van der Waals surface area contributed by atoms with E-state index in [9.17, 15) is 9.59 Å². The maximum Gasteiger partial charge on any atom is 0.338 e. The number of ketones is 1. The van der Waals surface area contributed by atoms with Crippen LogP contribution in [0, 0.1) is 12.8 Å². The van der Waals surface area contributed by atoms with Crippen molar-refractivity contribution in [2.75, 3.05) is 6.61 Å². The van der Waals surface area contributed by atoms with Gasteiger partial charge in [0.25, 0.3) is 0 Å². The Labute approximate surface area is 169 Å². The summed E-state index contributed by atoms with van der Waals surface area (Å²) in [5.41, 5.74) is 3.43. The Bertz CT molecular complexity index is 1010. The molecule has 1 aliphatic carbocycles. The number of carbonyl (C=O) groups is 2. The van der Waals surface area contributed by atoms with Crippen molar-refractivity contribution < 1.29 is 19.1 Å². The summed E-state index contributed by atoms with van der Waals surface area (Å²) < 4.78 is 12.9. The van der Waals surface area contributed by atoms with Crippen LogP contribution in [0.15, 0.2) is 61.2 Å². The predicted octanol–water partition coefficient (Wildman–Crippen LogP) is 3.90.